The second-order valence-electron chi connectivity index (χ2n) is 5.42. The zero-order valence-corrected chi connectivity index (χ0v) is 11.6. The third-order valence-corrected chi connectivity index (χ3v) is 4.04. The molecule has 0 aromatic rings. The van der Waals surface area contributed by atoms with Crippen LogP contribution in [-0.2, 0) is 4.79 Å². The lowest BCUT2D eigenvalue weighted by molar-refractivity contribution is -0.135. The quantitative estimate of drug-likeness (QED) is 0.796. The van der Waals surface area contributed by atoms with Crippen molar-refractivity contribution in [2.24, 2.45) is 11.7 Å². The first-order valence-electron chi connectivity index (χ1n) is 6.68. The lowest BCUT2D eigenvalue weighted by atomic mass is 9.97. The predicted octanol–water partition coefficient (Wildman–Crippen LogP) is 0.912. The molecule has 0 aromatic carbocycles. The van der Waals surface area contributed by atoms with Gasteiger partial charge in [0.25, 0.3) is 0 Å². The summed E-state index contributed by atoms with van der Waals surface area (Å²) in [6.07, 6.45) is 3.21. The normalized spacial score (nSPS) is 25.4. The molecule has 1 rings (SSSR count). The molecule has 0 saturated carbocycles. The van der Waals surface area contributed by atoms with E-state index in [1.165, 1.54) is 0 Å². The third-order valence-electron chi connectivity index (χ3n) is 4.04. The fourth-order valence-corrected chi connectivity index (χ4v) is 2.37. The molecule has 17 heavy (non-hydrogen) atoms. The van der Waals surface area contributed by atoms with E-state index in [2.05, 4.69) is 18.9 Å². The molecule has 0 aromatic heterocycles. The molecule has 1 aliphatic heterocycles. The number of carbonyl (C=O) groups excluding carboxylic acids is 1. The molecular formula is C13H27N3O. The van der Waals surface area contributed by atoms with Crippen LogP contribution in [0, 0.1) is 5.92 Å². The maximum absolute atomic E-state index is 12.2. The molecule has 0 radical (unpaired) electrons. The van der Waals surface area contributed by atoms with Gasteiger partial charge in [-0.3, -0.25) is 4.79 Å². The van der Waals surface area contributed by atoms with Gasteiger partial charge in [0.1, 0.15) is 0 Å². The highest BCUT2D eigenvalue weighted by atomic mass is 16.2. The molecule has 1 unspecified atom stereocenters. The summed E-state index contributed by atoms with van der Waals surface area (Å²) in [5, 5.41) is 0. The Hall–Kier alpha value is -0.610. The van der Waals surface area contributed by atoms with E-state index < -0.39 is 0 Å². The van der Waals surface area contributed by atoms with Gasteiger partial charge in [0.15, 0.2) is 0 Å². The Labute approximate surface area is 105 Å². The van der Waals surface area contributed by atoms with Crippen molar-refractivity contribution >= 4 is 5.91 Å². The maximum atomic E-state index is 12.2. The SMILES string of the molecule is CC[C@H](C)[C@H](N)C(=O)N(C)C1CCCN(C)C1. The molecule has 100 valence electrons. The van der Waals surface area contributed by atoms with Crippen molar-refractivity contribution in [1.29, 1.82) is 0 Å². The molecule has 1 amide bonds. The first-order valence-corrected chi connectivity index (χ1v) is 6.68. The second-order valence-corrected chi connectivity index (χ2v) is 5.42. The molecular weight excluding hydrogens is 214 g/mol. The minimum Gasteiger partial charge on any atom is -0.340 e. The molecule has 1 aliphatic rings. The number of piperidine rings is 1. The van der Waals surface area contributed by atoms with E-state index >= 15 is 0 Å². The van der Waals surface area contributed by atoms with Gasteiger partial charge < -0.3 is 15.5 Å². The number of likely N-dealkylation sites (N-methyl/N-ethyl adjacent to an activating group) is 2. The summed E-state index contributed by atoms with van der Waals surface area (Å²) in [7, 11) is 4.01. The summed E-state index contributed by atoms with van der Waals surface area (Å²) in [6, 6.07) is -0.0198. The highest BCUT2D eigenvalue weighted by Crippen LogP contribution is 2.16. The smallest absolute Gasteiger partial charge is 0.239 e. The lowest BCUT2D eigenvalue weighted by Crippen LogP contribution is -2.53. The molecule has 1 heterocycles. The topological polar surface area (TPSA) is 49.6 Å². The molecule has 4 nitrogen and oxygen atoms in total. The van der Waals surface area contributed by atoms with Crippen LogP contribution in [0.4, 0.5) is 0 Å². The van der Waals surface area contributed by atoms with Crippen LogP contribution in [-0.4, -0.2) is 55.0 Å². The van der Waals surface area contributed by atoms with Crippen LogP contribution in [0.25, 0.3) is 0 Å². The number of nitrogens with two attached hydrogens (primary N) is 1. The molecule has 0 bridgehead atoms. The van der Waals surface area contributed by atoms with E-state index in [0.29, 0.717) is 6.04 Å². The summed E-state index contributed by atoms with van der Waals surface area (Å²) in [4.78, 5) is 16.4. The van der Waals surface area contributed by atoms with Gasteiger partial charge >= 0.3 is 0 Å². The van der Waals surface area contributed by atoms with Crippen molar-refractivity contribution in [3.05, 3.63) is 0 Å². The number of likely N-dealkylation sites (tertiary alicyclic amines) is 1. The summed E-state index contributed by atoms with van der Waals surface area (Å²) >= 11 is 0. The minimum absolute atomic E-state index is 0.0969. The van der Waals surface area contributed by atoms with Gasteiger partial charge in [-0.05, 0) is 32.4 Å². The van der Waals surface area contributed by atoms with Crippen LogP contribution in [0.15, 0.2) is 0 Å². The van der Waals surface area contributed by atoms with Crippen molar-refractivity contribution in [2.45, 2.75) is 45.2 Å². The first-order chi connectivity index (χ1) is 7.97. The fraction of sp³-hybridized carbons (Fsp3) is 0.923. The van der Waals surface area contributed by atoms with Gasteiger partial charge in [0, 0.05) is 19.6 Å². The largest absolute Gasteiger partial charge is 0.340 e. The Bertz CT molecular complexity index is 257. The van der Waals surface area contributed by atoms with Crippen LogP contribution in [0.1, 0.15) is 33.1 Å². The zero-order chi connectivity index (χ0) is 13.0. The minimum atomic E-state index is -0.350. The van der Waals surface area contributed by atoms with Crippen LogP contribution >= 0.6 is 0 Å². The first kappa shape index (κ1) is 14.5. The van der Waals surface area contributed by atoms with Crippen LogP contribution in [0.5, 0.6) is 0 Å². The molecule has 2 N–H and O–H groups in total. The van der Waals surface area contributed by atoms with Gasteiger partial charge in [0.2, 0.25) is 5.91 Å². The Morgan fingerprint density at radius 1 is 1.59 bits per heavy atom. The Morgan fingerprint density at radius 2 is 2.24 bits per heavy atom. The molecule has 0 spiro atoms. The van der Waals surface area contributed by atoms with E-state index in [-0.39, 0.29) is 17.9 Å². The number of carbonyl (C=O) groups is 1. The zero-order valence-electron chi connectivity index (χ0n) is 11.6. The molecule has 4 heteroatoms. The number of nitrogens with zero attached hydrogens (tertiary/aromatic N) is 2. The van der Waals surface area contributed by atoms with Crippen molar-refractivity contribution in [3.63, 3.8) is 0 Å². The van der Waals surface area contributed by atoms with Gasteiger partial charge in [-0.15, -0.1) is 0 Å². The van der Waals surface area contributed by atoms with E-state index in [1.54, 1.807) is 0 Å². The van der Waals surface area contributed by atoms with Crippen molar-refractivity contribution < 1.29 is 4.79 Å². The van der Waals surface area contributed by atoms with Crippen molar-refractivity contribution in [2.75, 3.05) is 27.2 Å². The summed E-state index contributed by atoms with van der Waals surface area (Å²) in [5.41, 5.74) is 6.01. The third kappa shape index (κ3) is 3.68. The van der Waals surface area contributed by atoms with E-state index in [0.717, 1.165) is 32.4 Å². The van der Waals surface area contributed by atoms with Crippen molar-refractivity contribution in [3.8, 4) is 0 Å². The average Bonchev–Trinajstić information content (AvgIpc) is 2.35. The lowest BCUT2D eigenvalue weighted by Gasteiger charge is -2.37. The van der Waals surface area contributed by atoms with Crippen molar-refractivity contribution in [1.82, 2.24) is 9.80 Å². The van der Waals surface area contributed by atoms with Gasteiger partial charge in [-0.25, -0.2) is 0 Å². The van der Waals surface area contributed by atoms with Crippen LogP contribution in [0.2, 0.25) is 0 Å². The number of hydrogen-bond donors (Lipinski definition) is 1. The van der Waals surface area contributed by atoms with Crippen LogP contribution in [0.3, 0.4) is 0 Å². The van der Waals surface area contributed by atoms with E-state index in [9.17, 15) is 4.79 Å². The highest BCUT2D eigenvalue weighted by molar-refractivity contribution is 5.82. The Kier molecular flexibility index (Phi) is 5.40. The van der Waals surface area contributed by atoms with E-state index in [4.69, 9.17) is 5.73 Å². The summed E-state index contributed by atoms with van der Waals surface area (Å²) < 4.78 is 0. The van der Waals surface area contributed by atoms with Gasteiger partial charge in [-0.2, -0.15) is 0 Å². The fourth-order valence-electron chi connectivity index (χ4n) is 2.37. The molecule has 0 aliphatic carbocycles. The number of amides is 1. The molecule has 1 fully saturated rings. The maximum Gasteiger partial charge on any atom is 0.239 e. The standard InChI is InChI=1S/C13H27N3O/c1-5-10(2)12(14)13(17)16(4)11-7-6-8-15(3)9-11/h10-12H,5-9,14H2,1-4H3/t10-,11?,12-/m0/s1. The summed E-state index contributed by atoms with van der Waals surface area (Å²) in [5.74, 6) is 0.353. The Morgan fingerprint density at radius 3 is 2.76 bits per heavy atom. The second kappa shape index (κ2) is 6.36. The van der Waals surface area contributed by atoms with Gasteiger partial charge in [-0.1, -0.05) is 20.3 Å². The predicted molar refractivity (Wildman–Crippen MR) is 70.7 cm³/mol. The highest BCUT2D eigenvalue weighted by Gasteiger charge is 2.29. The van der Waals surface area contributed by atoms with E-state index in [1.807, 2.05) is 18.9 Å². The number of rotatable bonds is 4. The molecule has 1 saturated heterocycles. The monoisotopic (exact) mass is 241 g/mol. The molecule has 3 atom stereocenters. The van der Waals surface area contributed by atoms with Crippen LogP contribution < -0.4 is 5.73 Å². The number of hydrogen-bond acceptors (Lipinski definition) is 3. The Balaban J connectivity index is 2.56. The van der Waals surface area contributed by atoms with Gasteiger partial charge in [0.05, 0.1) is 6.04 Å². The average molecular weight is 241 g/mol. The summed E-state index contributed by atoms with van der Waals surface area (Å²) in [6.45, 7) is 6.22.